The molecule has 1 rings (SSSR count). The number of ether oxygens (including phenoxy) is 1. The topological polar surface area (TPSA) is 26.3 Å². The van der Waals surface area contributed by atoms with Gasteiger partial charge in [0, 0.05) is 9.85 Å². The lowest BCUT2D eigenvalue weighted by Gasteiger charge is -2.23. The van der Waals surface area contributed by atoms with Gasteiger partial charge in [-0.2, -0.15) is 0 Å². The van der Waals surface area contributed by atoms with Crippen molar-refractivity contribution in [2.24, 2.45) is 5.41 Å². The van der Waals surface area contributed by atoms with Gasteiger partial charge in [-0.05, 0) is 45.2 Å². The Balaban J connectivity index is 2.61. The first-order valence-corrected chi connectivity index (χ1v) is 7.73. The number of hydrogen-bond acceptors (Lipinski definition) is 2. The quantitative estimate of drug-likeness (QED) is 0.526. The summed E-state index contributed by atoms with van der Waals surface area (Å²) in [6.45, 7) is 6.07. The highest BCUT2D eigenvalue weighted by Crippen LogP contribution is 2.36. The van der Waals surface area contributed by atoms with Crippen molar-refractivity contribution in [1.29, 1.82) is 0 Å². The first kappa shape index (κ1) is 16.5. The van der Waals surface area contributed by atoms with Crippen molar-refractivity contribution >= 4 is 33.5 Å². The molecule has 0 aliphatic carbocycles. The molecule has 0 saturated heterocycles. The van der Waals surface area contributed by atoms with Crippen LogP contribution in [0.15, 0.2) is 24.3 Å². The Morgan fingerprint density at radius 3 is 2.63 bits per heavy atom. The molecule has 4 heteroatoms. The zero-order valence-corrected chi connectivity index (χ0v) is 13.9. The van der Waals surface area contributed by atoms with Gasteiger partial charge in [0.05, 0.1) is 12.0 Å². The summed E-state index contributed by atoms with van der Waals surface area (Å²) in [5.41, 5.74) is 0.590. The van der Waals surface area contributed by atoms with Crippen molar-refractivity contribution in [2.75, 3.05) is 6.61 Å². The first-order valence-electron chi connectivity index (χ1n) is 6.44. The van der Waals surface area contributed by atoms with Crippen LogP contribution in [0.25, 0.3) is 0 Å². The van der Waals surface area contributed by atoms with Crippen molar-refractivity contribution < 1.29 is 9.53 Å². The van der Waals surface area contributed by atoms with Crippen LogP contribution in [-0.4, -0.2) is 12.6 Å². The summed E-state index contributed by atoms with van der Waals surface area (Å²) >= 11 is 9.80. The first-order chi connectivity index (χ1) is 8.88. The number of carbonyl (C=O) groups excluding carboxylic acids is 1. The van der Waals surface area contributed by atoms with Crippen LogP contribution in [0.2, 0.25) is 5.02 Å². The van der Waals surface area contributed by atoms with Gasteiger partial charge >= 0.3 is 5.97 Å². The maximum Gasteiger partial charge on any atom is 0.311 e. The molecular weight excluding hydrogens is 328 g/mol. The van der Waals surface area contributed by atoms with Crippen molar-refractivity contribution in [2.45, 2.75) is 38.4 Å². The van der Waals surface area contributed by atoms with E-state index in [9.17, 15) is 4.79 Å². The van der Waals surface area contributed by atoms with Crippen LogP contribution < -0.4 is 0 Å². The van der Waals surface area contributed by atoms with E-state index in [1.807, 2.05) is 45.0 Å². The standard InChI is InChI=1S/C15H20BrClO2/c1-4-19-14(18)15(2,3)10-9-12(16)11-7-5-6-8-13(11)17/h5-8,12H,4,9-10H2,1-3H3/t12-/m0/s1. The summed E-state index contributed by atoms with van der Waals surface area (Å²) in [6, 6.07) is 7.75. The largest absolute Gasteiger partial charge is 0.466 e. The van der Waals surface area contributed by atoms with Gasteiger partial charge in [-0.1, -0.05) is 45.7 Å². The van der Waals surface area contributed by atoms with Gasteiger partial charge in [0.25, 0.3) is 0 Å². The summed E-state index contributed by atoms with van der Waals surface area (Å²) in [5.74, 6) is -0.145. The highest BCUT2D eigenvalue weighted by atomic mass is 79.9. The minimum absolute atomic E-state index is 0.145. The van der Waals surface area contributed by atoms with Crippen molar-refractivity contribution in [3.05, 3.63) is 34.9 Å². The van der Waals surface area contributed by atoms with Crippen LogP contribution in [0.3, 0.4) is 0 Å². The summed E-state index contributed by atoms with van der Waals surface area (Å²) in [4.78, 5) is 12.0. The van der Waals surface area contributed by atoms with Crippen molar-refractivity contribution in [3.63, 3.8) is 0 Å². The fourth-order valence-corrected chi connectivity index (χ4v) is 2.83. The average molecular weight is 348 g/mol. The molecule has 0 spiro atoms. The molecule has 0 heterocycles. The molecule has 0 N–H and O–H groups in total. The van der Waals surface area contributed by atoms with Crippen LogP contribution in [0.5, 0.6) is 0 Å². The van der Waals surface area contributed by atoms with E-state index in [0.717, 1.165) is 23.4 Å². The molecule has 106 valence electrons. The highest BCUT2D eigenvalue weighted by molar-refractivity contribution is 9.09. The number of esters is 1. The maximum absolute atomic E-state index is 11.8. The smallest absolute Gasteiger partial charge is 0.311 e. The van der Waals surface area contributed by atoms with Crippen molar-refractivity contribution in [3.8, 4) is 0 Å². The number of rotatable bonds is 6. The molecule has 19 heavy (non-hydrogen) atoms. The molecule has 0 bridgehead atoms. The van der Waals surface area contributed by atoms with Crippen molar-refractivity contribution in [1.82, 2.24) is 0 Å². The molecule has 0 radical (unpaired) electrons. The third-order valence-electron chi connectivity index (χ3n) is 3.09. The Kier molecular flexibility index (Phi) is 6.34. The second kappa shape index (κ2) is 7.30. The number of carbonyl (C=O) groups is 1. The zero-order valence-electron chi connectivity index (χ0n) is 11.6. The van der Waals surface area contributed by atoms with Crippen LogP contribution in [0.4, 0.5) is 0 Å². The van der Waals surface area contributed by atoms with Crippen LogP contribution in [0, 0.1) is 5.41 Å². The van der Waals surface area contributed by atoms with E-state index in [2.05, 4.69) is 15.9 Å². The second-order valence-corrected chi connectivity index (χ2v) is 6.64. The Labute approximate surface area is 128 Å². The molecule has 1 aromatic carbocycles. The lowest BCUT2D eigenvalue weighted by atomic mass is 9.86. The summed E-state index contributed by atoms with van der Waals surface area (Å²) < 4.78 is 5.09. The summed E-state index contributed by atoms with van der Waals surface area (Å²) in [6.07, 6.45) is 1.57. The third kappa shape index (κ3) is 4.81. The molecule has 0 saturated carbocycles. The minimum Gasteiger partial charge on any atom is -0.466 e. The van der Waals surface area contributed by atoms with Gasteiger partial charge in [0.15, 0.2) is 0 Å². The molecule has 1 aromatic rings. The van der Waals surface area contributed by atoms with E-state index in [4.69, 9.17) is 16.3 Å². The Morgan fingerprint density at radius 2 is 2.05 bits per heavy atom. The monoisotopic (exact) mass is 346 g/mol. The Bertz CT molecular complexity index is 432. The lowest BCUT2D eigenvalue weighted by molar-refractivity contribution is -0.153. The predicted molar refractivity (Wildman–Crippen MR) is 82.8 cm³/mol. The van der Waals surface area contributed by atoms with Gasteiger partial charge in [-0.25, -0.2) is 0 Å². The van der Waals surface area contributed by atoms with Gasteiger partial charge in [-0.3, -0.25) is 4.79 Å². The predicted octanol–water partition coefficient (Wildman–Crippen LogP) is 5.15. The number of halogens is 2. The van der Waals surface area contributed by atoms with E-state index in [1.165, 1.54) is 0 Å². The lowest BCUT2D eigenvalue weighted by Crippen LogP contribution is -2.26. The maximum atomic E-state index is 11.8. The van der Waals surface area contributed by atoms with Gasteiger partial charge in [0.2, 0.25) is 0 Å². The number of hydrogen-bond donors (Lipinski definition) is 0. The normalized spacial score (nSPS) is 13.1. The Morgan fingerprint density at radius 1 is 1.42 bits per heavy atom. The summed E-state index contributed by atoms with van der Waals surface area (Å²) in [7, 11) is 0. The summed E-state index contributed by atoms with van der Waals surface area (Å²) in [5, 5.41) is 0.748. The average Bonchev–Trinajstić information content (AvgIpc) is 2.37. The fourth-order valence-electron chi connectivity index (χ4n) is 1.80. The number of benzene rings is 1. The molecular formula is C15H20BrClO2. The van der Waals surface area contributed by atoms with E-state index < -0.39 is 5.41 Å². The van der Waals surface area contributed by atoms with E-state index >= 15 is 0 Å². The van der Waals surface area contributed by atoms with E-state index in [0.29, 0.717) is 6.61 Å². The molecule has 0 fully saturated rings. The second-order valence-electron chi connectivity index (χ2n) is 5.13. The van der Waals surface area contributed by atoms with Crippen LogP contribution in [0.1, 0.15) is 44.0 Å². The molecule has 0 unspecified atom stereocenters. The molecule has 2 nitrogen and oxygen atoms in total. The SMILES string of the molecule is CCOC(=O)C(C)(C)CC[C@H](Br)c1ccccc1Cl. The molecule has 1 atom stereocenters. The van der Waals surface area contributed by atoms with E-state index in [1.54, 1.807) is 0 Å². The van der Waals surface area contributed by atoms with Crippen LogP contribution in [-0.2, 0) is 9.53 Å². The molecule has 0 aromatic heterocycles. The molecule has 0 aliphatic rings. The number of alkyl halides is 1. The highest BCUT2D eigenvalue weighted by Gasteiger charge is 2.29. The third-order valence-corrected chi connectivity index (χ3v) is 4.39. The molecule has 0 aliphatic heterocycles. The molecule has 0 amide bonds. The van der Waals surface area contributed by atoms with Gasteiger partial charge in [0.1, 0.15) is 0 Å². The Hall–Kier alpha value is -0.540. The van der Waals surface area contributed by atoms with E-state index in [-0.39, 0.29) is 10.8 Å². The van der Waals surface area contributed by atoms with Gasteiger partial charge in [-0.15, -0.1) is 0 Å². The van der Waals surface area contributed by atoms with Crippen LogP contribution >= 0.6 is 27.5 Å². The fraction of sp³-hybridized carbons (Fsp3) is 0.533. The van der Waals surface area contributed by atoms with Gasteiger partial charge < -0.3 is 4.74 Å². The minimum atomic E-state index is -0.469. The zero-order chi connectivity index (χ0) is 14.5.